The summed E-state index contributed by atoms with van der Waals surface area (Å²) in [6.45, 7) is 6.78. The zero-order valence-corrected chi connectivity index (χ0v) is 20.9. The summed E-state index contributed by atoms with van der Waals surface area (Å²) in [5, 5.41) is 11.3. The monoisotopic (exact) mass is 486 g/mol. The molecule has 0 saturated carbocycles. The average Bonchev–Trinajstić information content (AvgIpc) is 3.13. The van der Waals surface area contributed by atoms with Gasteiger partial charge in [0.2, 0.25) is 0 Å². The molecule has 0 radical (unpaired) electrons. The molecule has 0 spiro atoms. The number of likely N-dealkylation sites (tertiary alicyclic amines) is 1. The van der Waals surface area contributed by atoms with Crippen molar-refractivity contribution < 1.29 is 24.2 Å². The number of Topliss-reactive ketones (excluding diaryl/α,β-unsaturated/α-hetero) is 1. The molecule has 1 saturated heterocycles. The van der Waals surface area contributed by atoms with Crippen LogP contribution in [0.25, 0.3) is 5.76 Å². The van der Waals surface area contributed by atoms with E-state index in [0.717, 1.165) is 11.1 Å². The number of aryl methyl sites for hydroxylation is 1. The van der Waals surface area contributed by atoms with E-state index < -0.39 is 17.7 Å². The summed E-state index contributed by atoms with van der Waals surface area (Å²) in [5.41, 5.74) is 2.78. The molecular formula is C29H30N2O5. The van der Waals surface area contributed by atoms with Crippen molar-refractivity contribution >= 4 is 17.4 Å². The number of hydrogen-bond acceptors (Lipinski definition) is 6. The normalized spacial score (nSPS) is 17.0. The SMILES string of the molecule is COc1ccc(CN2C(=O)C(=O)/C(=C(\O)c3ccc(OCC(C)C)c(C)c3)C2c2cccnc2)cc1. The van der Waals surface area contributed by atoms with Gasteiger partial charge < -0.3 is 19.5 Å². The van der Waals surface area contributed by atoms with Crippen LogP contribution in [-0.2, 0) is 16.1 Å². The van der Waals surface area contributed by atoms with Gasteiger partial charge in [0.25, 0.3) is 11.7 Å². The van der Waals surface area contributed by atoms with Crippen molar-refractivity contribution in [2.75, 3.05) is 13.7 Å². The van der Waals surface area contributed by atoms with Crippen molar-refractivity contribution in [2.45, 2.75) is 33.4 Å². The second-order valence-corrected chi connectivity index (χ2v) is 9.25. The fraction of sp³-hybridized carbons (Fsp3) is 0.276. The van der Waals surface area contributed by atoms with Crippen LogP contribution in [0, 0.1) is 12.8 Å². The maximum Gasteiger partial charge on any atom is 0.295 e. The Morgan fingerprint density at radius 3 is 2.47 bits per heavy atom. The third-order valence-electron chi connectivity index (χ3n) is 6.07. The van der Waals surface area contributed by atoms with E-state index in [2.05, 4.69) is 18.8 Å². The predicted octanol–water partition coefficient (Wildman–Crippen LogP) is 5.06. The lowest BCUT2D eigenvalue weighted by molar-refractivity contribution is -0.140. The standard InChI is InChI=1S/C29H30N2O5/c1-18(2)17-36-24-12-9-21(14-19(24)3)27(32)25-26(22-6-5-13-30-15-22)31(29(34)28(25)33)16-20-7-10-23(35-4)11-8-20/h5-15,18,26,32H,16-17H2,1-4H3/b27-25-. The van der Waals surface area contributed by atoms with Gasteiger partial charge in [0.1, 0.15) is 17.3 Å². The molecule has 36 heavy (non-hydrogen) atoms. The molecule has 1 aromatic heterocycles. The van der Waals surface area contributed by atoms with E-state index in [9.17, 15) is 14.7 Å². The van der Waals surface area contributed by atoms with Crippen LogP contribution in [0.2, 0.25) is 0 Å². The van der Waals surface area contributed by atoms with Crippen LogP contribution in [0.15, 0.2) is 72.6 Å². The lowest BCUT2D eigenvalue weighted by Crippen LogP contribution is -2.29. The van der Waals surface area contributed by atoms with E-state index in [0.29, 0.717) is 35.2 Å². The largest absolute Gasteiger partial charge is 0.507 e. The first-order chi connectivity index (χ1) is 17.3. The smallest absolute Gasteiger partial charge is 0.295 e. The summed E-state index contributed by atoms with van der Waals surface area (Å²) in [6, 6.07) is 15.3. The van der Waals surface area contributed by atoms with Crippen LogP contribution < -0.4 is 9.47 Å². The van der Waals surface area contributed by atoms with Crippen LogP contribution in [-0.4, -0.2) is 40.4 Å². The van der Waals surface area contributed by atoms with Gasteiger partial charge in [-0.2, -0.15) is 0 Å². The average molecular weight is 487 g/mol. The number of methoxy groups -OCH3 is 1. The first-order valence-electron chi connectivity index (χ1n) is 11.8. The summed E-state index contributed by atoms with van der Waals surface area (Å²) in [4.78, 5) is 32.1. The Hall–Kier alpha value is -4.13. The number of aromatic nitrogens is 1. The van der Waals surface area contributed by atoms with Gasteiger partial charge in [0.05, 0.1) is 25.3 Å². The Kier molecular flexibility index (Phi) is 7.38. The Balaban J connectivity index is 1.75. The van der Waals surface area contributed by atoms with E-state index in [-0.39, 0.29) is 17.9 Å². The molecule has 2 heterocycles. The molecule has 3 aromatic rings. The first kappa shape index (κ1) is 25.0. The lowest BCUT2D eigenvalue weighted by Gasteiger charge is -2.25. The number of ether oxygens (including phenoxy) is 2. The summed E-state index contributed by atoms with van der Waals surface area (Å²) in [7, 11) is 1.58. The van der Waals surface area contributed by atoms with Crippen LogP contribution in [0.3, 0.4) is 0 Å². The van der Waals surface area contributed by atoms with Gasteiger partial charge in [-0.1, -0.05) is 32.0 Å². The Morgan fingerprint density at radius 2 is 1.86 bits per heavy atom. The van der Waals surface area contributed by atoms with Crippen LogP contribution in [0.1, 0.15) is 42.1 Å². The molecule has 1 unspecified atom stereocenters. The molecule has 1 N–H and O–H groups in total. The predicted molar refractivity (Wildman–Crippen MR) is 137 cm³/mol. The number of amides is 1. The molecule has 1 amide bonds. The topological polar surface area (TPSA) is 89.0 Å². The second-order valence-electron chi connectivity index (χ2n) is 9.25. The summed E-state index contributed by atoms with van der Waals surface area (Å²) in [6.07, 6.45) is 3.23. The van der Waals surface area contributed by atoms with Gasteiger partial charge in [-0.3, -0.25) is 14.6 Å². The van der Waals surface area contributed by atoms with Crippen LogP contribution in [0.4, 0.5) is 0 Å². The van der Waals surface area contributed by atoms with Gasteiger partial charge in [-0.15, -0.1) is 0 Å². The first-order valence-corrected chi connectivity index (χ1v) is 11.8. The number of ketones is 1. The molecule has 1 aliphatic heterocycles. The number of benzene rings is 2. The summed E-state index contributed by atoms with van der Waals surface area (Å²) in [5.74, 6) is 0.156. The van der Waals surface area contributed by atoms with Crippen molar-refractivity contribution in [2.24, 2.45) is 5.92 Å². The fourth-order valence-corrected chi connectivity index (χ4v) is 4.23. The van der Waals surface area contributed by atoms with Gasteiger partial charge >= 0.3 is 0 Å². The molecule has 1 fully saturated rings. The number of rotatable bonds is 8. The number of hydrogen-bond donors (Lipinski definition) is 1. The zero-order chi connectivity index (χ0) is 25.8. The molecule has 0 aliphatic carbocycles. The molecule has 4 rings (SSSR count). The fourth-order valence-electron chi connectivity index (χ4n) is 4.23. The molecule has 7 heteroatoms. The van der Waals surface area contributed by atoms with Gasteiger partial charge in [0.15, 0.2) is 0 Å². The number of aliphatic hydroxyl groups is 1. The highest BCUT2D eigenvalue weighted by Gasteiger charge is 2.46. The maximum absolute atomic E-state index is 13.3. The van der Waals surface area contributed by atoms with Crippen molar-refractivity contribution in [3.8, 4) is 11.5 Å². The number of carbonyl (C=O) groups is 2. The summed E-state index contributed by atoms with van der Waals surface area (Å²) < 4.78 is 11.1. The minimum Gasteiger partial charge on any atom is -0.507 e. The quantitative estimate of drug-likeness (QED) is 0.272. The molecular weight excluding hydrogens is 456 g/mol. The van der Waals surface area contributed by atoms with E-state index in [1.165, 1.54) is 4.90 Å². The number of pyridine rings is 1. The Labute approximate surface area is 211 Å². The molecule has 7 nitrogen and oxygen atoms in total. The highest BCUT2D eigenvalue weighted by atomic mass is 16.5. The van der Waals surface area contributed by atoms with Crippen molar-refractivity contribution in [1.29, 1.82) is 0 Å². The molecule has 2 aromatic carbocycles. The molecule has 186 valence electrons. The third-order valence-corrected chi connectivity index (χ3v) is 6.07. The van der Waals surface area contributed by atoms with Crippen molar-refractivity contribution in [1.82, 2.24) is 9.88 Å². The molecule has 1 aliphatic rings. The van der Waals surface area contributed by atoms with Gasteiger partial charge in [-0.25, -0.2) is 0 Å². The molecule has 1 atom stereocenters. The van der Waals surface area contributed by atoms with Crippen molar-refractivity contribution in [3.63, 3.8) is 0 Å². The minimum absolute atomic E-state index is 0.0387. The van der Waals surface area contributed by atoms with E-state index in [4.69, 9.17) is 9.47 Å². The van der Waals surface area contributed by atoms with Crippen LogP contribution >= 0.6 is 0 Å². The van der Waals surface area contributed by atoms with E-state index in [1.807, 2.05) is 19.1 Å². The highest BCUT2D eigenvalue weighted by Crippen LogP contribution is 2.40. The Bertz CT molecular complexity index is 1280. The second kappa shape index (κ2) is 10.6. The maximum atomic E-state index is 13.3. The van der Waals surface area contributed by atoms with Crippen LogP contribution in [0.5, 0.6) is 11.5 Å². The Morgan fingerprint density at radius 1 is 1.11 bits per heavy atom. The minimum atomic E-state index is -0.780. The highest BCUT2D eigenvalue weighted by molar-refractivity contribution is 6.46. The van der Waals surface area contributed by atoms with Gasteiger partial charge in [0, 0.05) is 24.5 Å². The third kappa shape index (κ3) is 5.10. The van der Waals surface area contributed by atoms with E-state index in [1.54, 1.807) is 62.0 Å². The number of carbonyl (C=O) groups excluding carboxylic acids is 2. The number of aliphatic hydroxyl groups excluding tert-OH is 1. The van der Waals surface area contributed by atoms with Gasteiger partial charge in [-0.05, 0) is 65.9 Å². The van der Waals surface area contributed by atoms with Crippen molar-refractivity contribution in [3.05, 3.63) is 94.8 Å². The molecule has 0 bridgehead atoms. The lowest BCUT2D eigenvalue weighted by atomic mass is 9.95. The summed E-state index contributed by atoms with van der Waals surface area (Å²) >= 11 is 0. The zero-order valence-electron chi connectivity index (χ0n) is 20.9. The number of nitrogens with zero attached hydrogens (tertiary/aromatic N) is 2. The van der Waals surface area contributed by atoms with E-state index >= 15 is 0 Å².